The third-order valence-corrected chi connectivity index (χ3v) is 4.66. The zero-order valence-corrected chi connectivity index (χ0v) is 12.8. The van der Waals surface area contributed by atoms with Crippen LogP contribution in [0.4, 0.5) is 0 Å². The highest BCUT2D eigenvalue weighted by atomic mass is 16.5. The van der Waals surface area contributed by atoms with Gasteiger partial charge in [0.1, 0.15) is 0 Å². The highest BCUT2D eigenvalue weighted by Crippen LogP contribution is 2.30. The Bertz CT molecular complexity index is 687. The monoisotopic (exact) mass is 313 g/mol. The van der Waals surface area contributed by atoms with Gasteiger partial charge < -0.3 is 9.64 Å². The SMILES string of the molecule is O=C(CCc1ccncc1)N1CC[C@H]2OCc3cnnn3[C@H]2C1. The second kappa shape index (κ2) is 6.08. The lowest BCUT2D eigenvalue weighted by atomic mass is 9.99. The minimum atomic E-state index is 0.0832. The average Bonchev–Trinajstić information content (AvgIpc) is 3.09. The molecule has 7 heteroatoms. The van der Waals surface area contributed by atoms with Gasteiger partial charge in [-0.3, -0.25) is 9.78 Å². The number of carbonyl (C=O) groups is 1. The van der Waals surface area contributed by atoms with Gasteiger partial charge in [0, 0.05) is 31.9 Å². The summed E-state index contributed by atoms with van der Waals surface area (Å²) in [6.45, 7) is 1.96. The van der Waals surface area contributed by atoms with Crippen molar-refractivity contribution in [1.29, 1.82) is 0 Å². The molecular formula is C16H19N5O2. The first kappa shape index (κ1) is 14.3. The molecular weight excluding hydrogens is 294 g/mol. The number of carbonyl (C=O) groups excluding carboxylic acids is 1. The molecule has 0 radical (unpaired) electrons. The molecule has 0 saturated carbocycles. The molecule has 2 aliphatic heterocycles. The normalized spacial score (nSPS) is 23.2. The number of hydrogen-bond donors (Lipinski definition) is 0. The molecule has 0 N–H and O–H groups in total. The third-order valence-electron chi connectivity index (χ3n) is 4.66. The zero-order valence-electron chi connectivity index (χ0n) is 12.8. The van der Waals surface area contributed by atoms with Crippen molar-refractivity contribution in [3.63, 3.8) is 0 Å². The summed E-state index contributed by atoms with van der Waals surface area (Å²) in [4.78, 5) is 18.5. The first-order chi connectivity index (χ1) is 11.3. The Balaban J connectivity index is 1.40. The van der Waals surface area contributed by atoms with Crippen molar-refractivity contribution in [3.8, 4) is 0 Å². The highest BCUT2D eigenvalue weighted by molar-refractivity contribution is 5.76. The van der Waals surface area contributed by atoms with E-state index in [1.165, 1.54) is 0 Å². The van der Waals surface area contributed by atoms with E-state index in [2.05, 4.69) is 15.3 Å². The Morgan fingerprint density at radius 2 is 2.22 bits per heavy atom. The van der Waals surface area contributed by atoms with Crippen LogP contribution in [-0.4, -0.2) is 50.0 Å². The Morgan fingerprint density at radius 3 is 3.09 bits per heavy atom. The molecule has 120 valence electrons. The summed E-state index contributed by atoms with van der Waals surface area (Å²) in [7, 11) is 0. The zero-order chi connectivity index (χ0) is 15.6. The fraction of sp³-hybridized carbons (Fsp3) is 0.500. The van der Waals surface area contributed by atoms with Gasteiger partial charge in [0.15, 0.2) is 0 Å². The first-order valence-corrected chi connectivity index (χ1v) is 7.98. The van der Waals surface area contributed by atoms with E-state index in [0.717, 1.165) is 30.6 Å². The van der Waals surface area contributed by atoms with E-state index in [1.54, 1.807) is 18.6 Å². The molecule has 23 heavy (non-hydrogen) atoms. The van der Waals surface area contributed by atoms with Crippen LogP contribution in [0.3, 0.4) is 0 Å². The van der Waals surface area contributed by atoms with Crippen LogP contribution < -0.4 is 0 Å². The number of fused-ring (bicyclic) bond motifs is 3. The lowest BCUT2D eigenvalue weighted by Crippen LogP contribution is -2.49. The van der Waals surface area contributed by atoms with E-state index >= 15 is 0 Å². The van der Waals surface area contributed by atoms with Crippen molar-refractivity contribution < 1.29 is 9.53 Å². The molecule has 2 aliphatic rings. The molecule has 2 aromatic heterocycles. The minimum Gasteiger partial charge on any atom is -0.370 e. The predicted molar refractivity (Wildman–Crippen MR) is 81.4 cm³/mol. The van der Waals surface area contributed by atoms with Gasteiger partial charge in [-0.2, -0.15) is 0 Å². The molecule has 0 spiro atoms. The quantitative estimate of drug-likeness (QED) is 0.844. The van der Waals surface area contributed by atoms with E-state index < -0.39 is 0 Å². The van der Waals surface area contributed by atoms with Crippen LogP contribution in [0.15, 0.2) is 30.7 Å². The van der Waals surface area contributed by atoms with E-state index in [1.807, 2.05) is 21.7 Å². The van der Waals surface area contributed by atoms with Gasteiger partial charge in [0.25, 0.3) is 0 Å². The van der Waals surface area contributed by atoms with Crippen LogP contribution in [0.5, 0.6) is 0 Å². The second-order valence-electron chi connectivity index (χ2n) is 6.07. The van der Waals surface area contributed by atoms with Crippen molar-refractivity contribution in [2.75, 3.05) is 13.1 Å². The van der Waals surface area contributed by atoms with Crippen molar-refractivity contribution in [2.45, 2.75) is 38.0 Å². The summed E-state index contributed by atoms with van der Waals surface area (Å²) in [6, 6.07) is 3.99. The molecule has 1 amide bonds. The van der Waals surface area contributed by atoms with Gasteiger partial charge in [0.05, 0.1) is 30.6 Å². The largest absolute Gasteiger partial charge is 0.370 e. The summed E-state index contributed by atoms with van der Waals surface area (Å²) in [5.74, 6) is 0.188. The maximum atomic E-state index is 12.5. The topological polar surface area (TPSA) is 73.1 Å². The molecule has 2 atom stereocenters. The summed E-state index contributed by atoms with van der Waals surface area (Å²) in [5, 5.41) is 8.13. The number of amides is 1. The van der Waals surface area contributed by atoms with Gasteiger partial charge in [-0.15, -0.1) is 5.10 Å². The van der Waals surface area contributed by atoms with Crippen LogP contribution >= 0.6 is 0 Å². The number of likely N-dealkylation sites (tertiary alicyclic amines) is 1. The molecule has 0 aromatic carbocycles. The lowest BCUT2D eigenvalue weighted by molar-refractivity contribution is -0.138. The molecule has 4 heterocycles. The lowest BCUT2D eigenvalue weighted by Gasteiger charge is -2.41. The standard InChI is InChI=1S/C16H19N5O2/c22-16(2-1-12-3-6-17-7-4-12)20-8-5-15-14(10-20)21-13(11-23-15)9-18-19-21/h3-4,6-7,9,14-15H,1-2,5,8,10-11H2/t14-,15+/m0/s1. The smallest absolute Gasteiger partial charge is 0.222 e. The van der Waals surface area contributed by atoms with Crippen LogP contribution in [0.1, 0.15) is 30.1 Å². The van der Waals surface area contributed by atoms with Gasteiger partial charge in [-0.05, 0) is 30.5 Å². The van der Waals surface area contributed by atoms with Gasteiger partial charge >= 0.3 is 0 Å². The maximum Gasteiger partial charge on any atom is 0.222 e. The van der Waals surface area contributed by atoms with Crippen LogP contribution in [-0.2, 0) is 22.6 Å². The molecule has 7 nitrogen and oxygen atoms in total. The number of piperidine rings is 1. The number of aryl methyl sites for hydroxylation is 1. The summed E-state index contributed by atoms with van der Waals surface area (Å²) in [6.07, 6.45) is 7.51. The Kier molecular flexibility index (Phi) is 3.78. The van der Waals surface area contributed by atoms with Gasteiger partial charge in [0.2, 0.25) is 5.91 Å². The van der Waals surface area contributed by atoms with Crippen LogP contribution in [0.2, 0.25) is 0 Å². The Labute approximate surface area is 134 Å². The van der Waals surface area contributed by atoms with Crippen LogP contribution in [0.25, 0.3) is 0 Å². The van der Waals surface area contributed by atoms with Gasteiger partial charge in [-0.25, -0.2) is 4.68 Å². The molecule has 4 rings (SSSR count). The molecule has 1 saturated heterocycles. The molecule has 0 bridgehead atoms. The first-order valence-electron chi connectivity index (χ1n) is 7.98. The molecule has 1 fully saturated rings. The minimum absolute atomic E-state index is 0.0832. The number of ether oxygens (including phenoxy) is 1. The number of pyridine rings is 1. The molecule has 0 unspecified atom stereocenters. The van der Waals surface area contributed by atoms with Crippen molar-refractivity contribution in [3.05, 3.63) is 42.0 Å². The van der Waals surface area contributed by atoms with E-state index in [-0.39, 0.29) is 18.1 Å². The van der Waals surface area contributed by atoms with Crippen molar-refractivity contribution in [2.24, 2.45) is 0 Å². The number of nitrogens with zero attached hydrogens (tertiary/aromatic N) is 5. The average molecular weight is 313 g/mol. The second-order valence-corrected chi connectivity index (χ2v) is 6.07. The van der Waals surface area contributed by atoms with Crippen LogP contribution in [0, 0.1) is 0 Å². The van der Waals surface area contributed by atoms with E-state index in [4.69, 9.17) is 4.74 Å². The maximum absolute atomic E-state index is 12.5. The number of rotatable bonds is 3. The summed E-state index contributed by atoms with van der Waals surface area (Å²) in [5.41, 5.74) is 2.13. The number of aromatic nitrogens is 4. The van der Waals surface area contributed by atoms with E-state index in [0.29, 0.717) is 19.6 Å². The molecule has 0 aliphatic carbocycles. The number of hydrogen-bond acceptors (Lipinski definition) is 5. The van der Waals surface area contributed by atoms with Gasteiger partial charge in [-0.1, -0.05) is 5.21 Å². The van der Waals surface area contributed by atoms with Crippen molar-refractivity contribution in [1.82, 2.24) is 24.9 Å². The predicted octanol–water partition coefficient (Wildman–Crippen LogP) is 0.978. The molecule has 2 aromatic rings. The highest BCUT2D eigenvalue weighted by Gasteiger charge is 2.37. The Morgan fingerprint density at radius 1 is 1.35 bits per heavy atom. The van der Waals surface area contributed by atoms with E-state index in [9.17, 15) is 4.79 Å². The summed E-state index contributed by atoms with van der Waals surface area (Å²) < 4.78 is 7.81. The third kappa shape index (κ3) is 2.84. The Hall–Kier alpha value is -2.28. The summed E-state index contributed by atoms with van der Waals surface area (Å²) >= 11 is 0. The fourth-order valence-electron chi connectivity index (χ4n) is 3.36. The fourth-order valence-corrected chi connectivity index (χ4v) is 3.36. The van der Waals surface area contributed by atoms with Crippen molar-refractivity contribution >= 4 is 5.91 Å².